The standard InChI is InChI=1S/C11H9FN2O2S/c12-10-3-7(1-2-9(10)11(15)16)14-5-8-4-13-6-17-8/h1-4,6,14H,5H2,(H,15,16). The molecule has 0 saturated heterocycles. The van der Waals surface area contributed by atoms with Crippen molar-refractivity contribution in [2.24, 2.45) is 0 Å². The number of hydrogen-bond acceptors (Lipinski definition) is 4. The lowest BCUT2D eigenvalue weighted by Crippen LogP contribution is -2.03. The maximum Gasteiger partial charge on any atom is 0.338 e. The minimum atomic E-state index is -1.27. The molecule has 17 heavy (non-hydrogen) atoms. The molecule has 2 rings (SSSR count). The quantitative estimate of drug-likeness (QED) is 0.878. The van der Waals surface area contributed by atoms with Crippen molar-refractivity contribution in [2.75, 3.05) is 5.32 Å². The Balaban J connectivity index is 2.07. The molecule has 1 aromatic heterocycles. The normalized spacial score (nSPS) is 10.2. The molecule has 2 aromatic rings. The van der Waals surface area contributed by atoms with Gasteiger partial charge in [-0.05, 0) is 18.2 Å². The number of halogens is 1. The predicted molar refractivity (Wildman–Crippen MR) is 62.8 cm³/mol. The van der Waals surface area contributed by atoms with Crippen molar-refractivity contribution in [3.05, 3.63) is 46.2 Å². The number of nitrogens with one attached hydrogen (secondary N) is 1. The van der Waals surface area contributed by atoms with E-state index in [1.54, 1.807) is 11.7 Å². The number of thiazole rings is 1. The lowest BCUT2D eigenvalue weighted by Gasteiger charge is -2.05. The summed E-state index contributed by atoms with van der Waals surface area (Å²) in [4.78, 5) is 15.5. The van der Waals surface area contributed by atoms with Crippen LogP contribution < -0.4 is 5.32 Å². The Morgan fingerprint density at radius 1 is 1.53 bits per heavy atom. The average Bonchev–Trinajstić information content (AvgIpc) is 2.78. The monoisotopic (exact) mass is 252 g/mol. The Kier molecular flexibility index (Phi) is 3.34. The summed E-state index contributed by atoms with van der Waals surface area (Å²) in [7, 11) is 0. The third-order valence-electron chi connectivity index (χ3n) is 2.15. The molecule has 4 nitrogen and oxygen atoms in total. The third kappa shape index (κ3) is 2.79. The van der Waals surface area contributed by atoms with Gasteiger partial charge in [0.15, 0.2) is 0 Å². The van der Waals surface area contributed by atoms with Gasteiger partial charge in [0.05, 0.1) is 17.6 Å². The topological polar surface area (TPSA) is 62.2 Å². The fraction of sp³-hybridized carbons (Fsp3) is 0.0909. The summed E-state index contributed by atoms with van der Waals surface area (Å²) in [6.45, 7) is 0.538. The van der Waals surface area contributed by atoms with Gasteiger partial charge in [-0.15, -0.1) is 11.3 Å². The Labute approximate surface area is 101 Å². The molecule has 0 bridgehead atoms. The van der Waals surface area contributed by atoms with Crippen LogP contribution in [0.1, 0.15) is 15.2 Å². The van der Waals surface area contributed by atoms with E-state index in [4.69, 9.17) is 5.11 Å². The largest absolute Gasteiger partial charge is 0.478 e. The van der Waals surface area contributed by atoms with Gasteiger partial charge in [-0.3, -0.25) is 4.98 Å². The molecule has 0 unspecified atom stereocenters. The van der Waals surface area contributed by atoms with E-state index < -0.39 is 11.8 Å². The number of carboxylic acid groups (broad SMARTS) is 1. The number of anilines is 1. The Hall–Kier alpha value is -1.95. The van der Waals surface area contributed by atoms with Crippen LogP contribution in [0.25, 0.3) is 0 Å². The number of rotatable bonds is 4. The minimum absolute atomic E-state index is 0.326. The lowest BCUT2D eigenvalue weighted by molar-refractivity contribution is 0.0692. The summed E-state index contributed by atoms with van der Waals surface area (Å²) in [6.07, 6.45) is 1.72. The molecule has 0 aliphatic carbocycles. The summed E-state index contributed by atoms with van der Waals surface area (Å²) in [5, 5.41) is 11.7. The van der Waals surface area contributed by atoms with Crippen LogP contribution in [-0.2, 0) is 6.54 Å². The summed E-state index contributed by atoms with van der Waals surface area (Å²) < 4.78 is 13.3. The van der Waals surface area contributed by atoms with Gasteiger partial charge in [0, 0.05) is 16.8 Å². The van der Waals surface area contributed by atoms with Crippen molar-refractivity contribution in [1.82, 2.24) is 4.98 Å². The van der Waals surface area contributed by atoms with Crippen molar-refractivity contribution in [2.45, 2.75) is 6.54 Å². The van der Waals surface area contributed by atoms with Crippen LogP contribution in [-0.4, -0.2) is 16.1 Å². The zero-order chi connectivity index (χ0) is 12.3. The van der Waals surface area contributed by atoms with Crippen LogP contribution in [0, 0.1) is 5.82 Å². The van der Waals surface area contributed by atoms with Gasteiger partial charge in [0.1, 0.15) is 5.82 Å². The molecule has 0 aliphatic heterocycles. The van der Waals surface area contributed by atoms with Gasteiger partial charge < -0.3 is 10.4 Å². The molecular weight excluding hydrogens is 243 g/mol. The van der Waals surface area contributed by atoms with Crippen LogP contribution >= 0.6 is 11.3 Å². The highest BCUT2D eigenvalue weighted by atomic mass is 32.1. The van der Waals surface area contributed by atoms with Gasteiger partial charge in [0.2, 0.25) is 0 Å². The molecule has 0 saturated carbocycles. The van der Waals surface area contributed by atoms with Crippen molar-refractivity contribution < 1.29 is 14.3 Å². The van der Waals surface area contributed by atoms with E-state index in [1.807, 2.05) is 0 Å². The second-order valence-corrected chi connectivity index (χ2v) is 4.29. The van der Waals surface area contributed by atoms with Crippen LogP contribution in [0.5, 0.6) is 0 Å². The second-order valence-electron chi connectivity index (χ2n) is 3.32. The number of nitrogens with zero attached hydrogens (tertiary/aromatic N) is 1. The van der Waals surface area contributed by atoms with E-state index in [-0.39, 0.29) is 5.56 Å². The highest BCUT2D eigenvalue weighted by Gasteiger charge is 2.10. The molecule has 6 heteroatoms. The predicted octanol–water partition coefficient (Wildman–Crippen LogP) is 2.59. The first-order chi connectivity index (χ1) is 8.16. The molecule has 0 fully saturated rings. The molecule has 1 heterocycles. The first kappa shape index (κ1) is 11.5. The van der Waals surface area contributed by atoms with Crippen LogP contribution in [0.15, 0.2) is 29.9 Å². The molecular formula is C11H9FN2O2S. The summed E-state index contributed by atoms with van der Waals surface area (Å²) in [5.74, 6) is -2.01. The molecule has 0 radical (unpaired) electrons. The first-order valence-electron chi connectivity index (χ1n) is 4.81. The summed E-state index contributed by atoms with van der Waals surface area (Å²) in [5.41, 5.74) is 1.93. The minimum Gasteiger partial charge on any atom is -0.478 e. The van der Waals surface area contributed by atoms with E-state index in [9.17, 15) is 9.18 Å². The fourth-order valence-electron chi connectivity index (χ4n) is 1.32. The van der Waals surface area contributed by atoms with Gasteiger partial charge in [-0.2, -0.15) is 0 Å². The van der Waals surface area contributed by atoms with E-state index in [0.717, 1.165) is 4.88 Å². The Morgan fingerprint density at radius 2 is 2.35 bits per heavy atom. The highest BCUT2D eigenvalue weighted by molar-refractivity contribution is 7.09. The fourth-order valence-corrected chi connectivity index (χ4v) is 1.85. The van der Waals surface area contributed by atoms with E-state index in [2.05, 4.69) is 10.3 Å². The van der Waals surface area contributed by atoms with Gasteiger partial charge in [0.25, 0.3) is 0 Å². The summed E-state index contributed by atoms with van der Waals surface area (Å²) in [6, 6.07) is 3.95. The number of aromatic carboxylic acids is 1. The van der Waals surface area contributed by atoms with E-state index >= 15 is 0 Å². The number of carbonyl (C=O) groups is 1. The number of benzene rings is 1. The van der Waals surface area contributed by atoms with Crippen molar-refractivity contribution in [3.8, 4) is 0 Å². The maximum atomic E-state index is 13.3. The van der Waals surface area contributed by atoms with Crippen LogP contribution in [0.3, 0.4) is 0 Å². The molecule has 0 aliphatic rings. The lowest BCUT2D eigenvalue weighted by atomic mass is 10.2. The van der Waals surface area contributed by atoms with E-state index in [0.29, 0.717) is 12.2 Å². The maximum absolute atomic E-state index is 13.3. The molecule has 2 N–H and O–H groups in total. The van der Waals surface area contributed by atoms with Crippen molar-refractivity contribution >= 4 is 23.0 Å². The van der Waals surface area contributed by atoms with Gasteiger partial charge in [-0.25, -0.2) is 9.18 Å². The Morgan fingerprint density at radius 3 is 2.94 bits per heavy atom. The second kappa shape index (κ2) is 4.92. The molecule has 1 aromatic carbocycles. The molecule has 0 spiro atoms. The SMILES string of the molecule is O=C(O)c1ccc(NCc2cncs2)cc1F. The summed E-state index contributed by atoms with van der Waals surface area (Å²) >= 11 is 1.49. The zero-order valence-electron chi connectivity index (χ0n) is 8.68. The van der Waals surface area contributed by atoms with Gasteiger partial charge >= 0.3 is 5.97 Å². The number of carboxylic acids is 1. The molecule has 0 atom stereocenters. The first-order valence-corrected chi connectivity index (χ1v) is 5.69. The molecule has 88 valence electrons. The number of aromatic nitrogens is 1. The zero-order valence-corrected chi connectivity index (χ0v) is 9.50. The number of hydrogen-bond donors (Lipinski definition) is 2. The third-order valence-corrected chi connectivity index (χ3v) is 2.93. The van der Waals surface area contributed by atoms with Crippen LogP contribution in [0.4, 0.5) is 10.1 Å². The van der Waals surface area contributed by atoms with Crippen LogP contribution in [0.2, 0.25) is 0 Å². The van der Waals surface area contributed by atoms with Crippen molar-refractivity contribution in [1.29, 1.82) is 0 Å². The highest BCUT2D eigenvalue weighted by Crippen LogP contribution is 2.16. The Bertz CT molecular complexity index is 528. The van der Waals surface area contributed by atoms with Gasteiger partial charge in [-0.1, -0.05) is 0 Å². The van der Waals surface area contributed by atoms with Crippen molar-refractivity contribution in [3.63, 3.8) is 0 Å². The smallest absolute Gasteiger partial charge is 0.338 e. The molecule has 0 amide bonds. The average molecular weight is 252 g/mol. The van der Waals surface area contributed by atoms with E-state index in [1.165, 1.54) is 29.5 Å².